The van der Waals surface area contributed by atoms with E-state index >= 15 is 4.39 Å². The lowest BCUT2D eigenvalue weighted by atomic mass is 9.83. The van der Waals surface area contributed by atoms with Crippen molar-refractivity contribution in [2.75, 3.05) is 32.8 Å². The second-order valence-electron chi connectivity index (χ2n) is 24.0. The molecule has 0 bridgehead atoms. The molecule has 0 spiro atoms. The zero-order chi connectivity index (χ0) is 72.0. The molecule has 1 saturated heterocycles. The third-order valence-corrected chi connectivity index (χ3v) is 16.5. The summed E-state index contributed by atoms with van der Waals surface area (Å²) in [4.78, 5) is 84.7. The number of amides is 6. The molecule has 4 aliphatic rings. The zero-order valence-corrected chi connectivity index (χ0v) is 55.7. The van der Waals surface area contributed by atoms with Gasteiger partial charge in [-0.1, -0.05) is 194 Å². The van der Waals surface area contributed by atoms with Crippen molar-refractivity contribution in [1.29, 1.82) is 0 Å². The van der Waals surface area contributed by atoms with E-state index in [1.165, 1.54) is 24.3 Å². The molecule has 3 heterocycles. The molecular weight excluding hydrogens is 1330 g/mol. The molecule has 6 amide bonds. The summed E-state index contributed by atoms with van der Waals surface area (Å²) < 4.78 is 88.5. The number of alkyl halides is 1. The number of nitrogens with one attached hydrogen (secondary N) is 6. The molecule has 102 heavy (non-hydrogen) atoms. The SMILES string of the molecule is CCCCO[C@H](C(=O)N[C@@H]1C[C@H](NC(=O)OCc2ccccc2)[C@@H](O[C@H]2O[C@H](CNC(=O)OCc3ccccc3)C=C[C@H]2NC(=O)OCc2ccccc2)[C@H](O[C@@H]2O[C@H](CO)[C@@H](O[C@H]3O[C@@H](CNC(=O)OCc4ccccc4)C=C[C@H]3NC(=O)OCc3ccccc3)[C@H]2O)[C@H]1O)[C@H](F)CN=[N+]=[N-]. The van der Waals surface area contributed by atoms with E-state index in [4.69, 9.17) is 62.4 Å². The number of ether oxygens (including phenoxy) is 12. The van der Waals surface area contributed by atoms with Gasteiger partial charge in [-0.3, -0.25) is 4.79 Å². The Morgan fingerprint density at radius 1 is 0.529 bits per heavy atom. The molecule has 0 unspecified atom stereocenters. The average Bonchev–Trinajstić information content (AvgIpc) is 1.14. The Labute approximate surface area is 587 Å². The molecule has 9 N–H and O–H groups in total. The highest BCUT2D eigenvalue weighted by Crippen LogP contribution is 2.35. The third kappa shape index (κ3) is 23.7. The predicted octanol–water partition coefficient (Wildman–Crippen LogP) is 6.60. The number of azide groups is 1. The van der Waals surface area contributed by atoms with Crippen LogP contribution in [0.25, 0.3) is 10.4 Å². The maximum atomic E-state index is 16.0. The van der Waals surface area contributed by atoms with Gasteiger partial charge < -0.3 is 104 Å². The lowest BCUT2D eigenvalue weighted by molar-refractivity contribution is -0.282. The van der Waals surface area contributed by atoms with E-state index < -0.39 is 160 Å². The average molecular weight is 1420 g/mol. The standard InChI is InChI=1S/C71H84FN9O21/c1-2-3-33-91-59(51(72)37-76-81-73)63(85)77-54-34-55(80-71(90)96-43-48-27-17-8-18-28-48)60(100-64-52(78-69(88)94-41-46-23-13-6-14-24-46)31-29-49(97-64)35-74-67(86)92-39-44-19-9-4-10-20-44)62(57(54)83)102-66-58(84)61(56(38-82)99-66)101-65-53(79-70(89)95-42-47-25-15-7-16-26-47)32-30-50(98-65)36-75-68(87)93-40-45-21-11-5-12-22-45/h4-32,49-62,64-66,82-84H,2-3,33-43H2,1H3,(H,74,86)(H,75,87)(H,77,85)(H,78,88)(H,79,89)(H,80,90)/t49-,50+,51+,52+,53+,54+,55-,56+,57-,58+,59-,60+,61+,62+,64+,65+,66-/m0/s1. The molecule has 1 aliphatic carbocycles. The number of carbonyl (C=O) groups is 6. The normalized spacial score (nSPS) is 25.6. The highest BCUT2D eigenvalue weighted by Gasteiger charge is 2.55. The molecule has 5 aromatic rings. The van der Waals surface area contributed by atoms with Crippen LogP contribution in [0.1, 0.15) is 54.0 Å². The minimum Gasteiger partial charge on any atom is -0.445 e. The molecule has 0 aromatic heterocycles. The summed E-state index contributed by atoms with van der Waals surface area (Å²) in [6.45, 7) is -1.12. The Morgan fingerprint density at radius 3 is 1.36 bits per heavy atom. The first-order chi connectivity index (χ1) is 49.6. The minimum absolute atomic E-state index is 0.0435. The van der Waals surface area contributed by atoms with E-state index in [2.05, 4.69) is 41.9 Å². The first-order valence-corrected chi connectivity index (χ1v) is 33.3. The van der Waals surface area contributed by atoms with Crippen molar-refractivity contribution in [3.8, 4) is 0 Å². The number of benzene rings is 5. The van der Waals surface area contributed by atoms with Gasteiger partial charge in [0.2, 0.25) is 0 Å². The molecule has 2 fully saturated rings. The smallest absolute Gasteiger partial charge is 0.408 e. The second-order valence-corrected chi connectivity index (χ2v) is 24.0. The molecule has 5 aromatic carbocycles. The topological polar surface area (TPSA) is 395 Å². The number of aliphatic hydroxyl groups excluding tert-OH is 3. The number of halogens is 1. The quantitative estimate of drug-likeness (QED) is 0.00533. The summed E-state index contributed by atoms with van der Waals surface area (Å²) in [6, 6.07) is 38.5. The van der Waals surface area contributed by atoms with Gasteiger partial charge in [-0.15, -0.1) is 0 Å². The fraction of sp³-hybridized carbons (Fsp3) is 0.437. The molecular formula is C71H84FN9O21. The van der Waals surface area contributed by atoms with Crippen LogP contribution in [0.3, 0.4) is 0 Å². The van der Waals surface area contributed by atoms with Crippen LogP contribution in [0.4, 0.5) is 28.4 Å². The van der Waals surface area contributed by atoms with Crippen LogP contribution >= 0.6 is 0 Å². The lowest BCUT2D eigenvalue weighted by Gasteiger charge is -2.47. The Hall–Kier alpha value is -9.76. The Bertz CT molecular complexity index is 3540. The molecule has 9 rings (SSSR count). The minimum atomic E-state index is -2.21. The fourth-order valence-corrected chi connectivity index (χ4v) is 11.2. The van der Waals surface area contributed by atoms with Gasteiger partial charge in [0.25, 0.3) is 5.91 Å². The second kappa shape index (κ2) is 40.0. The van der Waals surface area contributed by atoms with Crippen molar-refractivity contribution in [2.24, 2.45) is 5.11 Å². The number of nitrogens with zero attached hydrogens (tertiary/aromatic N) is 3. The Balaban J connectivity index is 1.03. The van der Waals surface area contributed by atoms with E-state index in [1.54, 1.807) is 140 Å². The van der Waals surface area contributed by atoms with Gasteiger partial charge in [-0.05, 0) is 46.2 Å². The van der Waals surface area contributed by atoms with Crippen molar-refractivity contribution in [2.45, 2.75) is 163 Å². The third-order valence-electron chi connectivity index (χ3n) is 16.5. The summed E-state index contributed by atoms with van der Waals surface area (Å²) in [7, 11) is 0. The van der Waals surface area contributed by atoms with Crippen LogP contribution in [0.5, 0.6) is 0 Å². The van der Waals surface area contributed by atoms with Gasteiger partial charge in [0.15, 0.2) is 25.0 Å². The monoisotopic (exact) mass is 1420 g/mol. The van der Waals surface area contributed by atoms with E-state index in [1.807, 2.05) is 19.1 Å². The van der Waals surface area contributed by atoms with Crippen molar-refractivity contribution in [3.63, 3.8) is 0 Å². The highest BCUT2D eigenvalue weighted by molar-refractivity contribution is 5.82. The van der Waals surface area contributed by atoms with Gasteiger partial charge in [0.05, 0.1) is 50.5 Å². The first kappa shape index (κ1) is 76.4. The fourth-order valence-electron chi connectivity index (χ4n) is 11.2. The Kier molecular flexibility index (Phi) is 30.0. The number of carbonyl (C=O) groups excluding carboxylic acids is 6. The van der Waals surface area contributed by atoms with Gasteiger partial charge in [-0.25, -0.2) is 28.4 Å². The van der Waals surface area contributed by atoms with Crippen LogP contribution in [0.15, 0.2) is 181 Å². The number of hydrogen-bond acceptors (Lipinski definition) is 22. The van der Waals surface area contributed by atoms with Gasteiger partial charge >= 0.3 is 30.5 Å². The number of alkyl carbamates (subject to hydrolysis) is 5. The van der Waals surface area contributed by atoms with Gasteiger partial charge in [-0.2, -0.15) is 0 Å². The van der Waals surface area contributed by atoms with Crippen molar-refractivity contribution in [1.82, 2.24) is 31.9 Å². The maximum absolute atomic E-state index is 16.0. The van der Waals surface area contributed by atoms with Gasteiger partial charge in [0.1, 0.15) is 87.9 Å². The number of aliphatic hydroxyl groups is 3. The summed E-state index contributed by atoms with van der Waals surface area (Å²) in [5, 5.41) is 55.9. The van der Waals surface area contributed by atoms with Crippen molar-refractivity contribution >= 4 is 36.4 Å². The summed E-state index contributed by atoms with van der Waals surface area (Å²) in [5.74, 6) is -1.13. The molecule has 1 saturated carbocycles. The molecule has 546 valence electrons. The zero-order valence-electron chi connectivity index (χ0n) is 55.7. The molecule has 17 atom stereocenters. The van der Waals surface area contributed by atoms with E-state index in [-0.39, 0.29) is 52.7 Å². The van der Waals surface area contributed by atoms with Gasteiger partial charge in [0, 0.05) is 11.5 Å². The lowest BCUT2D eigenvalue weighted by Crippen LogP contribution is -2.68. The number of rotatable bonds is 33. The Morgan fingerprint density at radius 2 is 0.941 bits per heavy atom. The van der Waals surface area contributed by atoms with E-state index in [0.717, 1.165) is 5.56 Å². The number of unbranched alkanes of at least 4 members (excludes halogenated alkanes) is 1. The van der Waals surface area contributed by atoms with Crippen LogP contribution in [-0.4, -0.2) is 189 Å². The summed E-state index contributed by atoms with van der Waals surface area (Å²) >= 11 is 0. The maximum Gasteiger partial charge on any atom is 0.408 e. The first-order valence-electron chi connectivity index (χ1n) is 33.3. The summed E-state index contributed by atoms with van der Waals surface area (Å²) in [6.07, 6.45) is -20.3. The molecule has 3 aliphatic heterocycles. The van der Waals surface area contributed by atoms with Crippen molar-refractivity contribution in [3.05, 3.63) is 214 Å². The molecule has 30 nitrogen and oxygen atoms in total. The van der Waals surface area contributed by atoms with Crippen LogP contribution in [0, 0.1) is 0 Å². The van der Waals surface area contributed by atoms with E-state index in [9.17, 15) is 44.1 Å². The highest BCUT2D eigenvalue weighted by atomic mass is 19.1. The molecule has 0 radical (unpaired) electrons. The van der Waals surface area contributed by atoms with E-state index in [0.29, 0.717) is 35.1 Å². The molecule has 31 heteroatoms. The number of hydrogen-bond donors (Lipinski definition) is 9. The van der Waals surface area contributed by atoms with Crippen LogP contribution < -0.4 is 31.9 Å². The largest absolute Gasteiger partial charge is 0.445 e. The summed E-state index contributed by atoms with van der Waals surface area (Å²) in [5.41, 5.74) is 12.4. The predicted molar refractivity (Wildman–Crippen MR) is 358 cm³/mol. The van der Waals surface area contributed by atoms with Crippen LogP contribution in [-0.2, 0) is 94.7 Å². The van der Waals surface area contributed by atoms with Crippen molar-refractivity contribution < 1.29 is 105 Å². The van der Waals surface area contributed by atoms with Crippen LogP contribution in [0.2, 0.25) is 0 Å².